The third-order valence-corrected chi connectivity index (χ3v) is 3.27. The van der Waals surface area contributed by atoms with E-state index in [0.717, 1.165) is 30.5 Å². The highest BCUT2D eigenvalue weighted by atomic mass is 127. The van der Waals surface area contributed by atoms with Gasteiger partial charge in [0.15, 0.2) is 5.96 Å². The molecule has 0 radical (unpaired) electrons. The van der Waals surface area contributed by atoms with Crippen LogP contribution in [0.2, 0.25) is 5.02 Å². The van der Waals surface area contributed by atoms with Gasteiger partial charge in [-0.3, -0.25) is 9.79 Å². The lowest BCUT2D eigenvalue weighted by Crippen LogP contribution is -2.38. The molecule has 3 N–H and O–H groups in total. The van der Waals surface area contributed by atoms with Crippen molar-refractivity contribution in [2.24, 2.45) is 4.99 Å². The molecule has 1 rings (SSSR count). The van der Waals surface area contributed by atoms with Gasteiger partial charge in [0.2, 0.25) is 5.91 Å². The molecule has 0 aromatic heterocycles. The molecule has 5 nitrogen and oxygen atoms in total. The number of amides is 1. The summed E-state index contributed by atoms with van der Waals surface area (Å²) in [5.74, 6) is 0.763. The summed E-state index contributed by atoms with van der Waals surface area (Å²) in [6.45, 7) is 7.93. The van der Waals surface area contributed by atoms with E-state index in [9.17, 15) is 4.79 Å². The first-order valence-electron chi connectivity index (χ1n) is 8.07. The maximum atomic E-state index is 11.6. The van der Waals surface area contributed by atoms with Crippen LogP contribution in [-0.4, -0.2) is 37.5 Å². The van der Waals surface area contributed by atoms with Crippen LogP contribution in [0.3, 0.4) is 0 Å². The van der Waals surface area contributed by atoms with Gasteiger partial charge in [-0.2, -0.15) is 0 Å². The predicted octanol–water partition coefficient (Wildman–Crippen LogP) is 2.97. The van der Waals surface area contributed by atoms with Gasteiger partial charge in [-0.25, -0.2) is 0 Å². The first kappa shape index (κ1) is 23.0. The average molecular weight is 467 g/mol. The van der Waals surface area contributed by atoms with E-state index >= 15 is 0 Å². The van der Waals surface area contributed by atoms with Gasteiger partial charge in [0.05, 0.1) is 6.54 Å². The lowest BCUT2D eigenvalue weighted by atomic mass is 10.1. The third kappa shape index (κ3) is 10.7. The summed E-state index contributed by atoms with van der Waals surface area (Å²) < 4.78 is 0. The molecule has 1 aromatic rings. The normalized spacial score (nSPS) is 11.0. The zero-order valence-electron chi connectivity index (χ0n) is 14.6. The summed E-state index contributed by atoms with van der Waals surface area (Å²) in [6.07, 6.45) is 1.28. The molecule has 0 fully saturated rings. The number of nitrogens with zero attached hydrogens (tertiary/aromatic N) is 1. The topological polar surface area (TPSA) is 65.5 Å². The molecular weight excluding hydrogens is 439 g/mol. The molecule has 0 bridgehead atoms. The predicted molar refractivity (Wildman–Crippen MR) is 112 cm³/mol. The lowest BCUT2D eigenvalue weighted by Gasteiger charge is -2.12. The molecule has 0 saturated heterocycles. The fraction of sp³-hybridized carbons (Fsp3) is 0.529. The van der Waals surface area contributed by atoms with Crippen molar-refractivity contribution in [1.29, 1.82) is 0 Å². The van der Waals surface area contributed by atoms with Gasteiger partial charge in [0.25, 0.3) is 0 Å². The minimum Gasteiger partial charge on any atom is -0.357 e. The fourth-order valence-corrected chi connectivity index (χ4v) is 2.11. The second-order valence-electron chi connectivity index (χ2n) is 5.54. The average Bonchev–Trinajstić information content (AvgIpc) is 2.48. The molecule has 0 atom stereocenters. The largest absolute Gasteiger partial charge is 0.357 e. The van der Waals surface area contributed by atoms with Crippen LogP contribution in [0.25, 0.3) is 0 Å². The van der Waals surface area contributed by atoms with E-state index in [0.29, 0.717) is 13.0 Å². The van der Waals surface area contributed by atoms with Gasteiger partial charge < -0.3 is 16.0 Å². The van der Waals surface area contributed by atoms with Crippen LogP contribution < -0.4 is 16.0 Å². The Bertz CT molecular complexity index is 506. The number of nitrogens with one attached hydrogen (secondary N) is 3. The summed E-state index contributed by atoms with van der Waals surface area (Å²) in [5.41, 5.74) is 1.22. The van der Waals surface area contributed by atoms with E-state index in [1.54, 1.807) is 0 Å². The van der Waals surface area contributed by atoms with E-state index in [-0.39, 0.29) is 35.9 Å². The highest BCUT2D eigenvalue weighted by molar-refractivity contribution is 14.0. The molecular formula is C17H28ClIN4O. The van der Waals surface area contributed by atoms with E-state index in [1.807, 2.05) is 45.0 Å². The Labute approximate surface area is 167 Å². The highest BCUT2D eigenvalue weighted by Gasteiger charge is 2.03. The number of carbonyl (C=O) groups is 1. The lowest BCUT2D eigenvalue weighted by molar-refractivity contribution is -0.121. The van der Waals surface area contributed by atoms with E-state index < -0.39 is 0 Å². The Morgan fingerprint density at radius 1 is 1.21 bits per heavy atom. The zero-order chi connectivity index (χ0) is 17.1. The maximum absolute atomic E-state index is 11.6. The van der Waals surface area contributed by atoms with Gasteiger partial charge >= 0.3 is 0 Å². The van der Waals surface area contributed by atoms with Crippen molar-refractivity contribution >= 4 is 47.4 Å². The van der Waals surface area contributed by atoms with Crippen molar-refractivity contribution in [3.63, 3.8) is 0 Å². The molecule has 7 heteroatoms. The Morgan fingerprint density at radius 2 is 1.88 bits per heavy atom. The summed E-state index contributed by atoms with van der Waals surface area (Å²) >= 11 is 5.87. The minimum absolute atomic E-state index is 0. The number of rotatable bonds is 8. The van der Waals surface area contributed by atoms with Gasteiger partial charge in [0.1, 0.15) is 0 Å². The van der Waals surface area contributed by atoms with Gasteiger partial charge in [0, 0.05) is 30.6 Å². The first-order chi connectivity index (χ1) is 11.0. The molecule has 1 aromatic carbocycles. The van der Waals surface area contributed by atoms with E-state index in [4.69, 9.17) is 11.6 Å². The Hall–Kier alpha value is -1.02. The van der Waals surface area contributed by atoms with Crippen molar-refractivity contribution in [3.8, 4) is 0 Å². The molecule has 0 aliphatic heterocycles. The minimum atomic E-state index is 0. The van der Waals surface area contributed by atoms with Crippen molar-refractivity contribution in [1.82, 2.24) is 16.0 Å². The molecule has 1 amide bonds. The van der Waals surface area contributed by atoms with Crippen molar-refractivity contribution in [2.45, 2.75) is 39.7 Å². The monoisotopic (exact) mass is 466 g/mol. The quantitative estimate of drug-likeness (QED) is 0.313. The second-order valence-corrected chi connectivity index (χ2v) is 5.97. The molecule has 0 unspecified atom stereocenters. The number of hydrogen-bond acceptors (Lipinski definition) is 2. The maximum Gasteiger partial charge on any atom is 0.222 e. The number of guanidine groups is 1. The second kappa shape index (κ2) is 13.3. The molecule has 24 heavy (non-hydrogen) atoms. The Kier molecular flexibility index (Phi) is 12.7. The van der Waals surface area contributed by atoms with Crippen LogP contribution in [0.5, 0.6) is 0 Å². The standard InChI is InChI=1S/C17H27ClN4O.HI/c1-4-19-17(21-12-10-16(23)22-13(2)3)20-11-9-14-5-7-15(18)8-6-14;/h5-8,13H,4,9-12H2,1-3H3,(H,22,23)(H2,19,20,21);1H. The van der Waals surface area contributed by atoms with Crippen LogP contribution >= 0.6 is 35.6 Å². The number of benzene rings is 1. The number of halogens is 2. The summed E-state index contributed by atoms with van der Waals surface area (Å²) in [5, 5.41) is 10.1. The summed E-state index contributed by atoms with van der Waals surface area (Å²) in [6, 6.07) is 7.99. The Balaban J connectivity index is 0.00000529. The molecule has 136 valence electrons. The molecule has 0 heterocycles. The third-order valence-electron chi connectivity index (χ3n) is 3.02. The molecule has 0 aliphatic carbocycles. The zero-order valence-corrected chi connectivity index (χ0v) is 17.7. The fourth-order valence-electron chi connectivity index (χ4n) is 1.98. The van der Waals surface area contributed by atoms with Gasteiger partial charge in [-0.1, -0.05) is 23.7 Å². The van der Waals surface area contributed by atoms with Crippen molar-refractivity contribution < 1.29 is 4.79 Å². The van der Waals surface area contributed by atoms with Crippen LogP contribution in [-0.2, 0) is 11.2 Å². The number of aliphatic imine (C=N–C) groups is 1. The molecule has 0 aliphatic rings. The highest BCUT2D eigenvalue weighted by Crippen LogP contribution is 2.09. The Morgan fingerprint density at radius 3 is 2.46 bits per heavy atom. The van der Waals surface area contributed by atoms with Gasteiger partial charge in [-0.15, -0.1) is 24.0 Å². The van der Waals surface area contributed by atoms with E-state index in [1.165, 1.54) is 5.56 Å². The SMILES string of the molecule is CCNC(=NCCC(=O)NC(C)C)NCCc1ccc(Cl)cc1.I. The van der Waals surface area contributed by atoms with Crippen molar-refractivity contribution in [3.05, 3.63) is 34.9 Å². The number of hydrogen-bond donors (Lipinski definition) is 3. The van der Waals surface area contributed by atoms with E-state index in [2.05, 4.69) is 20.9 Å². The number of carbonyl (C=O) groups excluding carboxylic acids is 1. The molecule has 0 spiro atoms. The van der Waals surface area contributed by atoms with Crippen LogP contribution in [0, 0.1) is 0 Å². The first-order valence-corrected chi connectivity index (χ1v) is 8.45. The van der Waals surface area contributed by atoms with Gasteiger partial charge in [-0.05, 0) is 44.9 Å². The summed E-state index contributed by atoms with van der Waals surface area (Å²) in [7, 11) is 0. The van der Waals surface area contributed by atoms with Crippen LogP contribution in [0.4, 0.5) is 0 Å². The van der Waals surface area contributed by atoms with Crippen LogP contribution in [0.15, 0.2) is 29.3 Å². The summed E-state index contributed by atoms with van der Waals surface area (Å²) in [4.78, 5) is 16.0. The smallest absolute Gasteiger partial charge is 0.222 e. The van der Waals surface area contributed by atoms with Crippen LogP contribution in [0.1, 0.15) is 32.8 Å². The molecule has 0 saturated carbocycles. The van der Waals surface area contributed by atoms with Crippen molar-refractivity contribution in [2.75, 3.05) is 19.6 Å².